The van der Waals surface area contributed by atoms with Gasteiger partial charge in [0.1, 0.15) is 0 Å². The van der Waals surface area contributed by atoms with Gasteiger partial charge in [0, 0.05) is 11.4 Å². The lowest BCUT2D eigenvalue weighted by atomic mass is 10.0. The van der Waals surface area contributed by atoms with Gasteiger partial charge in [0.2, 0.25) is 0 Å². The third kappa shape index (κ3) is 2.74. The zero-order valence-corrected chi connectivity index (χ0v) is 8.81. The third-order valence-electron chi connectivity index (χ3n) is 1.96. The zero-order chi connectivity index (χ0) is 10.4. The Hall–Kier alpha value is -1.01. The van der Waals surface area contributed by atoms with E-state index in [4.69, 9.17) is 17.4 Å². The molecule has 0 aliphatic carbocycles. The maximum atomic E-state index is 6.03. The van der Waals surface area contributed by atoms with Crippen molar-refractivity contribution < 1.29 is 0 Å². The minimum atomic E-state index is -0.00356. The Balaban J connectivity index is 2.87. The second-order valence-corrected chi connectivity index (χ2v) is 3.28. The van der Waals surface area contributed by atoms with Crippen molar-refractivity contribution in [1.29, 1.82) is 0 Å². The van der Waals surface area contributed by atoms with E-state index in [0.717, 1.165) is 5.56 Å². The summed E-state index contributed by atoms with van der Waals surface area (Å²) in [5.74, 6) is 11.2. The minimum absolute atomic E-state index is 0.00356. The zero-order valence-electron chi connectivity index (χ0n) is 8.05. The van der Waals surface area contributed by atoms with Crippen molar-refractivity contribution in [3.05, 3.63) is 34.9 Å². The second kappa shape index (κ2) is 5.66. The number of benzene rings is 1. The van der Waals surface area contributed by atoms with Gasteiger partial charge in [0.05, 0.1) is 6.04 Å². The van der Waals surface area contributed by atoms with Crippen molar-refractivity contribution in [2.75, 3.05) is 0 Å². The first-order valence-corrected chi connectivity index (χ1v) is 4.77. The van der Waals surface area contributed by atoms with Crippen molar-refractivity contribution in [2.24, 2.45) is 5.84 Å². The van der Waals surface area contributed by atoms with Gasteiger partial charge in [-0.05, 0) is 18.6 Å². The van der Waals surface area contributed by atoms with Gasteiger partial charge in [-0.1, -0.05) is 29.8 Å². The predicted octanol–water partition coefficient (Wildman–Crippen LogP) is 2.26. The van der Waals surface area contributed by atoms with Crippen molar-refractivity contribution in [3.8, 4) is 11.8 Å². The van der Waals surface area contributed by atoms with Crippen LogP contribution >= 0.6 is 11.6 Å². The number of nitrogens with one attached hydrogen (secondary N) is 1. The van der Waals surface area contributed by atoms with Crippen LogP contribution in [0, 0.1) is 11.8 Å². The van der Waals surface area contributed by atoms with E-state index in [2.05, 4.69) is 17.3 Å². The lowest BCUT2D eigenvalue weighted by Gasteiger charge is -2.14. The fourth-order valence-corrected chi connectivity index (χ4v) is 1.49. The number of hydrogen-bond donors (Lipinski definition) is 2. The summed E-state index contributed by atoms with van der Waals surface area (Å²) in [5, 5.41) is 0.716. The van der Waals surface area contributed by atoms with Crippen molar-refractivity contribution in [2.45, 2.75) is 19.4 Å². The normalized spacial score (nSPS) is 11.6. The van der Waals surface area contributed by atoms with Gasteiger partial charge >= 0.3 is 0 Å². The Morgan fingerprint density at radius 3 is 2.79 bits per heavy atom. The standard InChI is InChI=1S/C11H13ClN2/c1-2-3-8-11(14-13)9-6-4-5-7-10(9)12/h4-7,11,14H,8,13H2,1H3. The van der Waals surface area contributed by atoms with Gasteiger partial charge < -0.3 is 0 Å². The lowest BCUT2D eigenvalue weighted by molar-refractivity contribution is 0.568. The number of nitrogens with two attached hydrogens (primary N) is 1. The summed E-state index contributed by atoms with van der Waals surface area (Å²) in [7, 11) is 0. The molecule has 1 aromatic carbocycles. The van der Waals surface area contributed by atoms with Crippen molar-refractivity contribution in [1.82, 2.24) is 5.43 Å². The molecule has 3 N–H and O–H groups in total. The van der Waals surface area contributed by atoms with Crippen LogP contribution in [-0.4, -0.2) is 0 Å². The molecule has 1 unspecified atom stereocenters. The molecule has 0 aliphatic rings. The Morgan fingerprint density at radius 1 is 1.50 bits per heavy atom. The fraction of sp³-hybridized carbons (Fsp3) is 0.273. The highest BCUT2D eigenvalue weighted by Crippen LogP contribution is 2.23. The molecule has 0 saturated heterocycles. The fourth-order valence-electron chi connectivity index (χ4n) is 1.22. The molecule has 0 radical (unpaired) electrons. The third-order valence-corrected chi connectivity index (χ3v) is 2.31. The lowest BCUT2D eigenvalue weighted by Crippen LogP contribution is -2.27. The molecule has 0 bridgehead atoms. The molecule has 3 heteroatoms. The van der Waals surface area contributed by atoms with Gasteiger partial charge in [-0.15, -0.1) is 11.8 Å². The first-order chi connectivity index (χ1) is 6.79. The quantitative estimate of drug-likeness (QED) is 0.454. The van der Waals surface area contributed by atoms with Gasteiger partial charge in [0.15, 0.2) is 0 Å². The van der Waals surface area contributed by atoms with Gasteiger partial charge in [-0.3, -0.25) is 11.3 Å². The average molecular weight is 209 g/mol. The van der Waals surface area contributed by atoms with Crippen molar-refractivity contribution in [3.63, 3.8) is 0 Å². The smallest absolute Gasteiger partial charge is 0.0583 e. The molecular formula is C11H13ClN2. The van der Waals surface area contributed by atoms with Crippen molar-refractivity contribution >= 4 is 11.6 Å². The monoisotopic (exact) mass is 208 g/mol. The summed E-state index contributed by atoms with van der Waals surface area (Å²) in [5.41, 5.74) is 3.69. The van der Waals surface area contributed by atoms with Crippen LogP contribution < -0.4 is 11.3 Å². The molecule has 0 aliphatic heterocycles. The molecule has 1 aromatic rings. The van der Waals surface area contributed by atoms with E-state index in [1.807, 2.05) is 24.3 Å². The SMILES string of the molecule is CC#CCC(NN)c1ccccc1Cl. The van der Waals surface area contributed by atoms with Crippen LogP contribution in [0.2, 0.25) is 5.02 Å². The second-order valence-electron chi connectivity index (χ2n) is 2.87. The molecule has 0 fully saturated rings. The van der Waals surface area contributed by atoms with Crippen LogP contribution in [0.3, 0.4) is 0 Å². The Morgan fingerprint density at radius 2 is 2.21 bits per heavy atom. The molecule has 1 rings (SSSR count). The number of halogens is 1. The van der Waals surface area contributed by atoms with Crippen LogP contribution in [0.15, 0.2) is 24.3 Å². The molecule has 0 saturated carbocycles. The molecule has 0 spiro atoms. The summed E-state index contributed by atoms with van der Waals surface area (Å²) in [6.45, 7) is 1.81. The van der Waals surface area contributed by atoms with Gasteiger partial charge in [-0.2, -0.15) is 0 Å². The maximum Gasteiger partial charge on any atom is 0.0583 e. The molecule has 2 nitrogen and oxygen atoms in total. The van der Waals surface area contributed by atoms with E-state index < -0.39 is 0 Å². The highest BCUT2D eigenvalue weighted by Gasteiger charge is 2.10. The summed E-state index contributed by atoms with van der Waals surface area (Å²) in [6, 6.07) is 7.62. The highest BCUT2D eigenvalue weighted by molar-refractivity contribution is 6.31. The van der Waals surface area contributed by atoms with Crippen LogP contribution in [0.4, 0.5) is 0 Å². The topological polar surface area (TPSA) is 38.0 Å². The van der Waals surface area contributed by atoms with Gasteiger partial charge in [0.25, 0.3) is 0 Å². The molecule has 0 amide bonds. The van der Waals surface area contributed by atoms with Crippen LogP contribution in [0.5, 0.6) is 0 Å². The predicted molar refractivity (Wildman–Crippen MR) is 59.6 cm³/mol. The summed E-state index contributed by atoms with van der Waals surface area (Å²) in [4.78, 5) is 0. The molecule has 0 aromatic heterocycles. The summed E-state index contributed by atoms with van der Waals surface area (Å²) >= 11 is 6.03. The van der Waals surface area contributed by atoms with E-state index in [1.54, 1.807) is 6.92 Å². The minimum Gasteiger partial charge on any atom is -0.271 e. The van der Waals surface area contributed by atoms with Crippen LogP contribution in [-0.2, 0) is 0 Å². The van der Waals surface area contributed by atoms with E-state index in [1.165, 1.54) is 0 Å². The highest BCUT2D eigenvalue weighted by atomic mass is 35.5. The van der Waals surface area contributed by atoms with E-state index in [-0.39, 0.29) is 6.04 Å². The van der Waals surface area contributed by atoms with Crippen LogP contribution in [0.1, 0.15) is 24.9 Å². The average Bonchev–Trinajstić information content (AvgIpc) is 2.21. The Labute approximate surface area is 89.4 Å². The number of rotatable bonds is 3. The molecule has 74 valence electrons. The largest absolute Gasteiger partial charge is 0.271 e. The van der Waals surface area contributed by atoms with Gasteiger partial charge in [-0.25, -0.2) is 0 Å². The Bertz CT molecular complexity index is 352. The molecular weight excluding hydrogens is 196 g/mol. The first kappa shape index (κ1) is 11.1. The summed E-state index contributed by atoms with van der Waals surface area (Å²) < 4.78 is 0. The Kier molecular flexibility index (Phi) is 4.48. The first-order valence-electron chi connectivity index (χ1n) is 4.39. The molecule has 1 atom stereocenters. The molecule has 14 heavy (non-hydrogen) atoms. The van der Waals surface area contributed by atoms with E-state index >= 15 is 0 Å². The van der Waals surface area contributed by atoms with E-state index in [0.29, 0.717) is 11.4 Å². The molecule has 0 heterocycles. The maximum absolute atomic E-state index is 6.03. The summed E-state index contributed by atoms with van der Waals surface area (Å²) in [6.07, 6.45) is 0.663. The van der Waals surface area contributed by atoms with E-state index in [9.17, 15) is 0 Å². The number of hydrogen-bond acceptors (Lipinski definition) is 2. The van der Waals surface area contributed by atoms with Crippen LogP contribution in [0.25, 0.3) is 0 Å². The number of hydrazine groups is 1.